The Morgan fingerprint density at radius 3 is 2.54 bits per heavy atom. The fraction of sp³-hybridized carbons (Fsp3) is 0.588. The van der Waals surface area contributed by atoms with Crippen LogP contribution in [0.25, 0.3) is 0 Å². The smallest absolute Gasteiger partial charge is 0.232 e. The number of nitrogens with one attached hydrogen (secondary N) is 1. The summed E-state index contributed by atoms with van der Waals surface area (Å²) in [7, 11) is -3.48. The topological polar surface area (TPSA) is 66.5 Å². The van der Waals surface area contributed by atoms with E-state index in [-0.39, 0.29) is 24.9 Å². The van der Waals surface area contributed by atoms with Crippen molar-refractivity contribution in [2.24, 2.45) is 0 Å². The maximum absolute atomic E-state index is 12.1. The van der Waals surface area contributed by atoms with E-state index in [1.165, 1.54) is 10.7 Å². The molecule has 5 nitrogen and oxygen atoms in total. The SMILES string of the molecule is Cc1ccc(N(CCC(=O)NC2CCCCC2)S(C)(=O)=O)cc1Cl. The molecule has 1 amide bonds. The Morgan fingerprint density at radius 2 is 1.96 bits per heavy atom. The molecule has 0 aromatic heterocycles. The summed E-state index contributed by atoms with van der Waals surface area (Å²) in [5.74, 6) is -0.103. The number of hydrogen-bond donors (Lipinski definition) is 1. The summed E-state index contributed by atoms with van der Waals surface area (Å²) in [6, 6.07) is 5.34. The highest BCUT2D eigenvalue weighted by Gasteiger charge is 2.21. The van der Waals surface area contributed by atoms with E-state index >= 15 is 0 Å². The van der Waals surface area contributed by atoms with Crippen molar-refractivity contribution in [2.45, 2.75) is 51.5 Å². The number of benzene rings is 1. The van der Waals surface area contributed by atoms with Gasteiger partial charge in [-0.3, -0.25) is 9.10 Å². The van der Waals surface area contributed by atoms with Gasteiger partial charge in [-0.2, -0.15) is 0 Å². The first-order chi connectivity index (χ1) is 11.3. The number of hydrogen-bond acceptors (Lipinski definition) is 3. The number of rotatable bonds is 6. The Hall–Kier alpha value is -1.27. The highest BCUT2D eigenvalue weighted by molar-refractivity contribution is 7.92. The molecule has 0 spiro atoms. The van der Waals surface area contributed by atoms with Crippen LogP contribution in [-0.4, -0.2) is 33.2 Å². The molecular formula is C17H25ClN2O3S. The normalized spacial score (nSPS) is 16.0. The van der Waals surface area contributed by atoms with Gasteiger partial charge in [0.2, 0.25) is 15.9 Å². The van der Waals surface area contributed by atoms with Crippen molar-refractivity contribution in [1.82, 2.24) is 5.32 Å². The van der Waals surface area contributed by atoms with Gasteiger partial charge < -0.3 is 5.32 Å². The molecule has 1 aromatic carbocycles. The lowest BCUT2D eigenvalue weighted by Crippen LogP contribution is -2.39. The maximum atomic E-state index is 12.1. The van der Waals surface area contributed by atoms with Crippen LogP contribution in [-0.2, 0) is 14.8 Å². The maximum Gasteiger partial charge on any atom is 0.232 e. The molecule has 0 bridgehead atoms. The van der Waals surface area contributed by atoms with Gasteiger partial charge in [-0.1, -0.05) is 36.9 Å². The number of aryl methyl sites for hydroxylation is 1. The molecule has 0 saturated heterocycles. The molecule has 1 aliphatic rings. The average Bonchev–Trinajstić information content (AvgIpc) is 2.50. The van der Waals surface area contributed by atoms with E-state index in [0.717, 1.165) is 37.5 Å². The second kappa shape index (κ2) is 8.21. The lowest BCUT2D eigenvalue weighted by Gasteiger charge is -2.25. The molecular weight excluding hydrogens is 348 g/mol. The van der Waals surface area contributed by atoms with E-state index in [9.17, 15) is 13.2 Å². The summed E-state index contributed by atoms with van der Waals surface area (Å²) in [6.45, 7) is 1.96. The summed E-state index contributed by atoms with van der Waals surface area (Å²) in [6.07, 6.45) is 6.80. The van der Waals surface area contributed by atoms with Crippen LogP contribution in [0, 0.1) is 6.92 Å². The van der Waals surface area contributed by atoms with Crippen molar-refractivity contribution < 1.29 is 13.2 Å². The largest absolute Gasteiger partial charge is 0.353 e. The van der Waals surface area contributed by atoms with Gasteiger partial charge >= 0.3 is 0 Å². The third kappa shape index (κ3) is 5.38. The zero-order valence-corrected chi connectivity index (χ0v) is 15.8. The van der Waals surface area contributed by atoms with Crippen LogP contribution in [0.4, 0.5) is 5.69 Å². The molecule has 0 atom stereocenters. The van der Waals surface area contributed by atoms with Crippen LogP contribution < -0.4 is 9.62 Å². The van der Waals surface area contributed by atoms with Crippen LogP contribution in [0.2, 0.25) is 5.02 Å². The first-order valence-electron chi connectivity index (χ1n) is 8.30. The summed E-state index contributed by atoms with van der Waals surface area (Å²) in [4.78, 5) is 12.1. The molecule has 134 valence electrons. The van der Waals surface area contributed by atoms with E-state index in [4.69, 9.17) is 11.6 Å². The summed E-state index contributed by atoms with van der Waals surface area (Å²) in [5.41, 5.74) is 1.36. The molecule has 0 aliphatic heterocycles. The van der Waals surface area contributed by atoms with Gasteiger partial charge in [0.05, 0.1) is 11.9 Å². The Labute approximate surface area is 149 Å². The van der Waals surface area contributed by atoms with E-state index < -0.39 is 10.0 Å². The molecule has 7 heteroatoms. The number of sulfonamides is 1. The van der Waals surface area contributed by atoms with Gasteiger partial charge in [-0.25, -0.2) is 8.42 Å². The van der Waals surface area contributed by atoms with Gasteiger partial charge in [0.25, 0.3) is 0 Å². The standard InChI is InChI=1S/C17H25ClN2O3S/c1-13-8-9-15(12-16(13)18)20(24(2,22)23)11-10-17(21)19-14-6-4-3-5-7-14/h8-9,12,14H,3-7,10-11H2,1-2H3,(H,19,21). The van der Waals surface area contributed by atoms with Gasteiger partial charge in [-0.05, 0) is 37.5 Å². The van der Waals surface area contributed by atoms with Crippen molar-refractivity contribution in [1.29, 1.82) is 0 Å². The second-order valence-corrected chi connectivity index (χ2v) is 8.74. The summed E-state index contributed by atoms with van der Waals surface area (Å²) >= 11 is 6.10. The quantitative estimate of drug-likeness (QED) is 0.833. The zero-order valence-electron chi connectivity index (χ0n) is 14.2. The molecule has 0 unspecified atom stereocenters. The van der Waals surface area contributed by atoms with Crippen LogP contribution in [0.1, 0.15) is 44.1 Å². The van der Waals surface area contributed by atoms with Gasteiger partial charge in [0.1, 0.15) is 0 Å². The molecule has 1 aliphatic carbocycles. The minimum atomic E-state index is -3.48. The van der Waals surface area contributed by atoms with Gasteiger partial charge in [0, 0.05) is 24.0 Å². The number of amides is 1. The van der Waals surface area contributed by atoms with Crippen molar-refractivity contribution in [2.75, 3.05) is 17.1 Å². The van der Waals surface area contributed by atoms with Crippen LogP contribution in [0.3, 0.4) is 0 Å². The Bertz CT molecular complexity index is 685. The number of nitrogens with zero attached hydrogens (tertiary/aromatic N) is 1. The van der Waals surface area contributed by atoms with E-state index in [2.05, 4.69) is 5.32 Å². The minimum absolute atomic E-state index is 0.103. The van der Waals surface area contributed by atoms with Crippen molar-refractivity contribution in [3.05, 3.63) is 28.8 Å². The van der Waals surface area contributed by atoms with Crippen LogP contribution in [0.15, 0.2) is 18.2 Å². The molecule has 1 saturated carbocycles. The van der Waals surface area contributed by atoms with E-state index in [1.807, 2.05) is 6.92 Å². The monoisotopic (exact) mass is 372 g/mol. The molecule has 1 aromatic rings. The first-order valence-corrected chi connectivity index (χ1v) is 10.5. The number of halogens is 1. The number of carbonyl (C=O) groups excluding carboxylic acids is 1. The average molecular weight is 373 g/mol. The van der Waals surface area contributed by atoms with Crippen LogP contribution in [0.5, 0.6) is 0 Å². The van der Waals surface area contributed by atoms with Crippen molar-refractivity contribution >= 4 is 33.2 Å². The predicted molar refractivity (Wildman–Crippen MR) is 98.0 cm³/mol. The third-order valence-corrected chi connectivity index (χ3v) is 5.96. The fourth-order valence-corrected chi connectivity index (χ4v) is 4.07. The highest BCUT2D eigenvalue weighted by atomic mass is 35.5. The number of anilines is 1. The first kappa shape index (κ1) is 19.1. The van der Waals surface area contributed by atoms with Crippen molar-refractivity contribution in [3.8, 4) is 0 Å². The van der Waals surface area contributed by atoms with Crippen molar-refractivity contribution in [3.63, 3.8) is 0 Å². The summed E-state index contributed by atoms with van der Waals surface area (Å²) < 4.78 is 25.4. The zero-order chi connectivity index (χ0) is 17.7. The Morgan fingerprint density at radius 1 is 1.29 bits per heavy atom. The lowest BCUT2D eigenvalue weighted by atomic mass is 9.95. The van der Waals surface area contributed by atoms with E-state index in [0.29, 0.717) is 10.7 Å². The highest BCUT2D eigenvalue weighted by Crippen LogP contribution is 2.25. The molecule has 0 radical (unpaired) electrons. The number of carbonyl (C=O) groups is 1. The Balaban J connectivity index is 2.01. The lowest BCUT2D eigenvalue weighted by molar-refractivity contribution is -0.121. The second-order valence-electron chi connectivity index (χ2n) is 6.42. The fourth-order valence-electron chi connectivity index (χ4n) is 2.97. The molecule has 1 N–H and O–H groups in total. The summed E-state index contributed by atoms with van der Waals surface area (Å²) in [5, 5.41) is 3.52. The minimum Gasteiger partial charge on any atom is -0.353 e. The molecule has 24 heavy (non-hydrogen) atoms. The third-order valence-electron chi connectivity index (χ3n) is 4.36. The van der Waals surface area contributed by atoms with Gasteiger partial charge in [-0.15, -0.1) is 0 Å². The predicted octanol–water partition coefficient (Wildman–Crippen LogP) is 3.25. The molecule has 1 fully saturated rings. The van der Waals surface area contributed by atoms with Gasteiger partial charge in [0.15, 0.2) is 0 Å². The molecule has 2 rings (SSSR count). The Kier molecular flexibility index (Phi) is 6.52. The van der Waals surface area contributed by atoms with E-state index in [1.54, 1.807) is 18.2 Å². The molecule has 0 heterocycles. The van der Waals surface area contributed by atoms with Crippen LogP contribution >= 0.6 is 11.6 Å².